The highest BCUT2D eigenvalue weighted by molar-refractivity contribution is 5.78. The molecule has 5 heteroatoms. The number of rotatable bonds is 8. The van der Waals surface area contributed by atoms with E-state index in [2.05, 4.69) is 17.1 Å². The molecule has 0 radical (unpaired) electrons. The summed E-state index contributed by atoms with van der Waals surface area (Å²) in [6, 6.07) is 0.480. The average molecular weight is 257 g/mol. The Balaban J connectivity index is 2.38. The molecule has 0 aromatic heterocycles. The van der Waals surface area contributed by atoms with Crippen LogP contribution in [0.1, 0.15) is 26.2 Å². The van der Waals surface area contributed by atoms with E-state index in [1.165, 1.54) is 19.3 Å². The minimum Gasteiger partial charge on any atom is -0.383 e. The van der Waals surface area contributed by atoms with Gasteiger partial charge in [-0.1, -0.05) is 13.3 Å². The van der Waals surface area contributed by atoms with Crippen molar-refractivity contribution in [2.45, 2.75) is 32.2 Å². The van der Waals surface area contributed by atoms with Crippen molar-refractivity contribution in [3.63, 3.8) is 0 Å². The summed E-state index contributed by atoms with van der Waals surface area (Å²) in [5.41, 5.74) is 5.80. The molecule has 1 aliphatic rings. The zero-order valence-corrected chi connectivity index (χ0v) is 11.7. The second-order valence-corrected chi connectivity index (χ2v) is 4.90. The van der Waals surface area contributed by atoms with Gasteiger partial charge in [0, 0.05) is 19.7 Å². The molecule has 1 aliphatic carbocycles. The Morgan fingerprint density at radius 3 is 2.89 bits per heavy atom. The van der Waals surface area contributed by atoms with E-state index >= 15 is 0 Å². The Bertz CT molecular complexity index is 248. The van der Waals surface area contributed by atoms with Crippen LogP contribution in [0.5, 0.6) is 0 Å². The van der Waals surface area contributed by atoms with Gasteiger partial charge in [0.05, 0.1) is 13.2 Å². The third-order valence-corrected chi connectivity index (χ3v) is 3.77. The van der Waals surface area contributed by atoms with Gasteiger partial charge in [0.1, 0.15) is 0 Å². The maximum Gasteiger partial charge on any atom is 0.234 e. The molecule has 1 fully saturated rings. The summed E-state index contributed by atoms with van der Waals surface area (Å²) >= 11 is 0. The molecule has 3 N–H and O–H groups in total. The SMILES string of the molecule is CCN(CC(=O)NCCOC)C1CCCC1CN. The monoisotopic (exact) mass is 257 g/mol. The molecule has 1 rings (SSSR count). The first kappa shape index (κ1) is 15.4. The van der Waals surface area contributed by atoms with Gasteiger partial charge in [0.25, 0.3) is 0 Å². The van der Waals surface area contributed by atoms with Crippen molar-refractivity contribution in [3.8, 4) is 0 Å². The van der Waals surface area contributed by atoms with E-state index in [9.17, 15) is 4.79 Å². The largest absolute Gasteiger partial charge is 0.383 e. The molecule has 1 saturated carbocycles. The van der Waals surface area contributed by atoms with E-state index in [0.29, 0.717) is 31.7 Å². The van der Waals surface area contributed by atoms with E-state index < -0.39 is 0 Å². The van der Waals surface area contributed by atoms with Crippen LogP contribution in [0.3, 0.4) is 0 Å². The first-order chi connectivity index (χ1) is 8.72. The molecule has 0 heterocycles. The summed E-state index contributed by atoms with van der Waals surface area (Å²) in [5, 5.41) is 2.87. The van der Waals surface area contributed by atoms with Crippen LogP contribution >= 0.6 is 0 Å². The lowest BCUT2D eigenvalue weighted by atomic mass is 10.0. The van der Waals surface area contributed by atoms with Crippen molar-refractivity contribution in [1.82, 2.24) is 10.2 Å². The summed E-state index contributed by atoms with van der Waals surface area (Å²) in [7, 11) is 1.63. The molecule has 0 saturated heterocycles. The number of methoxy groups -OCH3 is 1. The van der Waals surface area contributed by atoms with Crippen LogP contribution in [0.2, 0.25) is 0 Å². The molecule has 1 amide bonds. The van der Waals surface area contributed by atoms with Crippen LogP contribution in [0, 0.1) is 5.92 Å². The van der Waals surface area contributed by atoms with Gasteiger partial charge in [0.2, 0.25) is 5.91 Å². The number of nitrogens with two attached hydrogens (primary N) is 1. The molecule has 0 aliphatic heterocycles. The summed E-state index contributed by atoms with van der Waals surface area (Å²) < 4.78 is 4.91. The van der Waals surface area contributed by atoms with E-state index in [1.807, 2.05) is 0 Å². The van der Waals surface area contributed by atoms with E-state index in [-0.39, 0.29) is 5.91 Å². The van der Waals surface area contributed by atoms with Gasteiger partial charge < -0.3 is 15.8 Å². The maximum atomic E-state index is 11.8. The summed E-state index contributed by atoms with van der Waals surface area (Å²) in [5.74, 6) is 0.633. The summed E-state index contributed by atoms with van der Waals surface area (Å²) in [4.78, 5) is 14.1. The van der Waals surface area contributed by atoms with Gasteiger partial charge in [-0.05, 0) is 31.8 Å². The Hall–Kier alpha value is -0.650. The lowest BCUT2D eigenvalue weighted by molar-refractivity contribution is -0.123. The van der Waals surface area contributed by atoms with Crippen molar-refractivity contribution < 1.29 is 9.53 Å². The Labute approximate surface area is 110 Å². The van der Waals surface area contributed by atoms with Crippen LogP contribution in [0.4, 0.5) is 0 Å². The van der Waals surface area contributed by atoms with Crippen molar-refractivity contribution in [3.05, 3.63) is 0 Å². The molecule has 0 aromatic rings. The van der Waals surface area contributed by atoms with Crippen LogP contribution in [-0.2, 0) is 9.53 Å². The predicted octanol–water partition coefficient (Wildman–Crippen LogP) is 0.198. The van der Waals surface area contributed by atoms with Crippen LogP contribution in [-0.4, -0.2) is 56.7 Å². The summed E-state index contributed by atoms with van der Waals surface area (Å²) in [6.07, 6.45) is 3.60. The number of carbonyl (C=O) groups is 1. The fourth-order valence-electron chi connectivity index (χ4n) is 2.77. The number of hydrogen-bond acceptors (Lipinski definition) is 4. The lowest BCUT2D eigenvalue weighted by Crippen LogP contribution is -2.46. The third kappa shape index (κ3) is 4.55. The first-order valence-electron chi connectivity index (χ1n) is 6.92. The number of ether oxygens (including phenoxy) is 1. The van der Waals surface area contributed by atoms with Crippen molar-refractivity contribution in [1.29, 1.82) is 0 Å². The van der Waals surface area contributed by atoms with Crippen LogP contribution in [0.25, 0.3) is 0 Å². The Morgan fingerprint density at radius 1 is 1.50 bits per heavy atom. The second-order valence-electron chi connectivity index (χ2n) is 4.90. The molecule has 18 heavy (non-hydrogen) atoms. The first-order valence-corrected chi connectivity index (χ1v) is 6.92. The highest BCUT2D eigenvalue weighted by atomic mass is 16.5. The van der Waals surface area contributed by atoms with Crippen molar-refractivity contribution >= 4 is 5.91 Å². The standard InChI is InChI=1S/C13H27N3O2/c1-3-16(10-13(17)15-7-8-18-2)12-6-4-5-11(12)9-14/h11-12H,3-10,14H2,1-2H3,(H,15,17). The highest BCUT2D eigenvalue weighted by Crippen LogP contribution is 2.28. The minimum absolute atomic E-state index is 0.0802. The van der Waals surface area contributed by atoms with Gasteiger partial charge in [-0.15, -0.1) is 0 Å². The molecule has 2 unspecified atom stereocenters. The smallest absolute Gasteiger partial charge is 0.234 e. The fraction of sp³-hybridized carbons (Fsp3) is 0.923. The fourth-order valence-corrected chi connectivity index (χ4v) is 2.77. The number of hydrogen-bond donors (Lipinski definition) is 2. The number of carbonyl (C=O) groups excluding carboxylic acids is 1. The Morgan fingerprint density at radius 2 is 2.28 bits per heavy atom. The molecule has 2 atom stereocenters. The predicted molar refractivity (Wildman–Crippen MR) is 72.3 cm³/mol. The molecular formula is C13H27N3O2. The van der Waals surface area contributed by atoms with Crippen LogP contribution in [0.15, 0.2) is 0 Å². The highest BCUT2D eigenvalue weighted by Gasteiger charge is 2.31. The van der Waals surface area contributed by atoms with E-state index in [4.69, 9.17) is 10.5 Å². The van der Waals surface area contributed by atoms with E-state index in [1.54, 1.807) is 7.11 Å². The third-order valence-electron chi connectivity index (χ3n) is 3.77. The van der Waals surface area contributed by atoms with E-state index in [0.717, 1.165) is 13.1 Å². The van der Waals surface area contributed by atoms with Crippen molar-refractivity contribution in [2.24, 2.45) is 11.7 Å². The van der Waals surface area contributed by atoms with Gasteiger partial charge in [-0.2, -0.15) is 0 Å². The van der Waals surface area contributed by atoms with Gasteiger partial charge >= 0.3 is 0 Å². The minimum atomic E-state index is 0.0802. The number of likely N-dealkylation sites (N-methyl/N-ethyl adjacent to an activating group) is 1. The molecular weight excluding hydrogens is 230 g/mol. The molecule has 0 bridgehead atoms. The molecule has 5 nitrogen and oxygen atoms in total. The zero-order chi connectivity index (χ0) is 13.4. The second kappa shape index (κ2) is 8.45. The van der Waals surface area contributed by atoms with Gasteiger partial charge in [0.15, 0.2) is 0 Å². The number of nitrogens with zero attached hydrogens (tertiary/aromatic N) is 1. The molecule has 0 spiro atoms. The van der Waals surface area contributed by atoms with Crippen LogP contribution < -0.4 is 11.1 Å². The average Bonchev–Trinajstić information content (AvgIpc) is 2.84. The normalized spacial score (nSPS) is 23.6. The molecule has 106 valence electrons. The lowest BCUT2D eigenvalue weighted by Gasteiger charge is -2.31. The van der Waals surface area contributed by atoms with Crippen molar-refractivity contribution in [2.75, 3.05) is 39.9 Å². The quantitative estimate of drug-likeness (QED) is 0.610. The number of nitrogens with one attached hydrogen (secondary N) is 1. The topological polar surface area (TPSA) is 67.6 Å². The Kier molecular flexibility index (Phi) is 7.23. The zero-order valence-electron chi connectivity index (χ0n) is 11.7. The maximum absolute atomic E-state index is 11.8. The number of amides is 1. The molecule has 0 aromatic carbocycles. The summed E-state index contributed by atoms with van der Waals surface area (Å²) in [6.45, 7) is 5.35. The van der Waals surface area contributed by atoms with Gasteiger partial charge in [-0.25, -0.2) is 0 Å². The van der Waals surface area contributed by atoms with Gasteiger partial charge in [-0.3, -0.25) is 9.69 Å².